The number of aryl methyl sites for hydroxylation is 2. The van der Waals surface area contributed by atoms with Crippen molar-refractivity contribution in [3.05, 3.63) is 47.8 Å². The van der Waals surface area contributed by atoms with E-state index in [4.69, 9.17) is 4.74 Å². The van der Waals surface area contributed by atoms with Crippen molar-refractivity contribution in [2.75, 3.05) is 13.7 Å². The van der Waals surface area contributed by atoms with Gasteiger partial charge in [0.05, 0.1) is 13.3 Å². The van der Waals surface area contributed by atoms with Crippen LogP contribution in [0.5, 0.6) is 5.75 Å². The maximum Gasteiger partial charge on any atom is 0.118 e. The van der Waals surface area contributed by atoms with Crippen LogP contribution in [0, 0.1) is 0 Å². The smallest absolute Gasteiger partial charge is 0.118 e. The van der Waals surface area contributed by atoms with Gasteiger partial charge in [0.25, 0.3) is 0 Å². The zero-order chi connectivity index (χ0) is 14.4. The number of ether oxygens (including phenoxy) is 1. The molecule has 0 aliphatic heterocycles. The molecule has 4 nitrogen and oxygen atoms in total. The quantitative estimate of drug-likeness (QED) is 0.843. The van der Waals surface area contributed by atoms with Gasteiger partial charge in [-0.25, -0.2) is 0 Å². The molecule has 0 saturated carbocycles. The Hall–Kier alpha value is -1.81. The first-order valence-electron chi connectivity index (χ1n) is 7.11. The molecule has 0 spiro atoms. The number of methoxy groups -OCH3 is 1. The highest BCUT2D eigenvalue weighted by Crippen LogP contribution is 2.13. The summed E-state index contributed by atoms with van der Waals surface area (Å²) in [5.41, 5.74) is 2.53. The summed E-state index contributed by atoms with van der Waals surface area (Å²) in [7, 11) is 1.69. The predicted octanol–water partition coefficient (Wildman–Crippen LogP) is 2.80. The molecule has 4 heteroatoms. The SMILES string of the molecule is CCNC(C)c1cnn(CCc2ccc(OC)cc2)c1. The van der Waals surface area contributed by atoms with Crippen LogP contribution in [0.2, 0.25) is 0 Å². The van der Waals surface area contributed by atoms with Gasteiger partial charge >= 0.3 is 0 Å². The summed E-state index contributed by atoms with van der Waals surface area (Å²) in [5.74, 6) is 0.898. The molecule has 0 radical (unpaired) electrons. The van der Waals surface area contributed by atoms with Gasteiger partial charge < -0.3 is 10.1 Å². The Morgan fingerprint density at radius 1 is 1.30 bits per heavy atom. The van der Waals surface area contributed by atoms with Gasteiger partial charge in [-0.3, -0.25) is 4.68 Å². The van der Waals surface area contributed by atoms with Crippen molar-refractivity contribution in [2.24, 2.45) is 0 Å². The Morgan fingerprint density at radius 2 is 2.05 bits per heavy atom. The molecule has 0 saturated heterocycles. The van der Waals surface area contributed by atoms with Crippen molar-refractivity contribution >= 4 is 0 Å². The van der Waals surface area contributed by atoms with Crippen LogP contribution >= 0.6 is 0 Å². The molecule has 0 amide bonds. The zero-order valence-electron chi connectivity index (χ0n) is 12.5. The Balaban J connectivity index is 1.90. The molecular formula is C16H23N3O. The zero-order valence-corrected chi connectivity index (χ0v) is 12.5. The number of nitrogens with zero attached hydrogens (tertiary/aromatic N) is 2. The first-order valence-corrected chi connectivity index (χ1v) is 7.11. The minimum atomic E-state index is 0.356. The van der Waals surface area contributed by atoms with E-state index >= 15 is 0 Å². The van der Waals surface area contributed by atoms with Gasteiger partial charge in [0.15, 0.2) is 0 Å². The summed E-state index contributed by atoms with van der Waals surface area (Å²) >= 11 is 0. The number of nitrogens with one attached hydrogen (secondary N) is 1. The number of hydrogen-bond acceptors (Lipinski definition) is 3. The highest BCUT2D eigenvalue weighted by molar-refractivity contribution is 5.27. The molecule has 0 bridgehead atoms. The second-order valence-electron chi connectivity index (χ2n) is 4.91. The van der Waals surface area contributed by atoms with Gasteiger partial charge in [0.2, 0.25) is 0 Å². The summed E-state index contributed by atoms with van der Waals surface area (Å²) in [5, 5.41) is 7.81. The van der Waals surface area contributed by atoms with Gasteiger partial charge in [-0.15, -0.1) is 0 Å². The summed E-state index contributed by atoms with van der Waals surface area (Å²) in [4.78, 5) is 0. The van der Waals surface area contributed by atoms with Crippen LogP contribution in [-0.2, 0) is 13.0 Å². The van der Waals surface area contributed by atoms with E-state index in [1.807, 2.05) is 23.0 Å². The lowest BCUT2D eigenvalue weighted by atomic mass is 10.1. The number of benzene rings is 1. The number of rotatable bonds is 7. The van der Waals surface area contributed by atoms with E-state index in [1.54, 1.807) is 7.11 Å². The van der Waals surface area contributed by atoms with Crippen molar-refractivity contribution in [1.82, 2.24) is 15.1 Å². The molecule has 108 valence electrons. The van der Waals surface area contributed by atoms with Crippen LogP contribution in [0.3, 0.4) is 0 Å². The Morgan fingerprint density at radius 3 is 2.70 bits per heavy atom. The van der Waals surface area contributed by atoms with E-state index in [0.29, 0.717) is 6.04 Å². The maximum atomic E-state index is 5.16. The third kappa shape index (κ3) is 3.84. The van der Waals surface area contributed by atoms with Crippen LogP contribution in [0.15, 0.2) is 36.7 Å². The first kappa shape index (κ1) is 14.6. The summed E-state index contributed by atoms with van der Waals surface area (Å²) in [6.07, 6.45) is 5.04. The molecule has 1 unspecified atom stereocenters. The van der Waals surface area contributed by atoms with Gasteiger partial charge in [0.1, 0.15) is 5.75 Å². The fourth-order valence-corrected chi connectivity index (χ4v) is 2.19. The average Bonchev–Trinajstić information content (AvgIpc) is 2.95. The van der Waals surface area contributed by atoms with Crippen molar-refractivity contribution in [2.45, 2.75) is 32.9 Å². The van der Waals surface area contributed by atoms with Gasteiger partial charge in [-0.1, -0.05) is 19.1 Å². The fourth-order valence-electron chi connectivity index (χ4n) is 2.19. The van der Waals surface area contributed by atoms with Crippen molar-refractivity contribution in [1.29, 1.82) is 0 Å². The molecule has 1 aromatic heterocycles. The minimum Gasteiger partial charge on any atom is -0.497 e. The maximum absolute atomic E-state index is 5.16. The van der Waals surface area contributed by atoms with E-state index in [-0.39, 0.29) is 0 Å². The molecule has 1 N–H and O–H groups in total. The largest absolute Gasteiger partial charge is 0.497 e. The second-order valence-corrected chi connectivity index (χ2v) is 4.91. The van der Waals surface area contributed by atoms with Crippen molar-refractivity contribution in [3.8, 4) is 5.75 Å². The van der Waals surface area contributed by atoms with Crippen LogP contribution in [0.4, 0.5) is 0 Å². The van der Waals surface area contributed by atoms with Gasteiger partial charge in [-0.2, -0.15) is 5.10 Å². The van der Waals surface area contributed by atoms with E-state index < -0.39 is 0 Å². The first-order chi connectivity index (χ1) is 9.72. The van der Waals surface area contributed by atoms with E-state index in [9.17, 15) is 0 Å². The second kappa shape index (κ2) is 7.10. The molecule has 0 fully saturated rings. The highest BCUT2D eigenvalue weighted by atomic mass is 16.5. The van der Waals surface area contributed by atoms with Crippen LogP contribution in [0.25, 0.3) is 0 Å². The Labute approximate surface area is 120 Å². The number of hydrogen-bond donors (Lipinski definition) is 1. The monoisotopic (exact) mass is 273 g/mol. The van der Waals surface area contributed by atoms with Gasteiger partial charge in [-0.05, 0) is 37.6 Å². The van der Waals surface area contributed by atoms with E-state index in [2.05, 4.69) is 42.6 Å². The predicted molar refractivity (Wildman–Crippen MR) is 81.0 cm³/mol. The van der Waals surface area contributed by atoms with Crippen molar-refractivity contribution in [3.63, 3.8) is 0 Å². The molecule has 2 rings (SSSR count). The van der Waals surface area contributed by atoms with Gasteiger partial charge in [0, 0.05) is 24.3 Å². The third-order valence-corrected chi connectivity index (χ3v) is 3.45. The topological polar surface area (TPSA) is 39.1 Å². The highest BCUT2D eigenvalue weighted by Gasteiger charge is 2.06. The summed E-state index contributed by atoms with van der Waals surface area (Å²) in [6.45, 7) is 6.14. The van der Waals surface area contributed by atoms with E-state index in [1.165, 1.54) is 11.1 Å². The average molecular weight is 273 g/mol. The fraction of sp³-hybridized carbons (Fsp3) is 0.438. The normalized spacial score (nSPS) is 12.3. The van der Waals surface area contributed by atoms with Crippen LogP contribution < -0.4 is 10.1 Å². The van der Waals surface area contributed by atoms with Crippen LogP contribution in [0.1, 0.15) is 31.0 Å². The lowest BCUT2D eigenvalue weighted by molar-refractivity contribution is 0.414. The molecule has 2 aromatic rings. The van der Waals surface area contributed by atoms with Crippen LogP contribution in [-0.4, -0.2) is 23.4 Å². The third-order valence-electron chi connectivity index (χ3n) is 3.45. The molecule has 1 heterocycles. The Bertz CT molecular complexity index is 519. The number of aromatic nitrogens is 2. The van der Waals surface area contributed by atoms with Crippen molar-refractivity contribution < 1.29 is 4.74 Å². The molecule has 20 heavy (non-hydrogen) atoms. The molecule has 0 aliphatic carbocycles. The Kier molecular flexibility index (Phi) is 5.18. The molecule has 1 atom stereocenters. The minimum absolute atomic E-state index is 0.356. The molecular weight excluding hydrogens is 250 g/mol. The standard InChI is InChI=1S/C16H23N3O/c1-4-17-13(2)15-11-18-19(12-15)10-9-14-5-7-16(20-3)8-6-14/h5-8,11-13,17H,4,9-10H2,1-3H3. The molecule has 0 aliphatic rings. The van der Waals surface area contributed by atoms with E-state index in [0.717, 1.165) is 25.3 Å². The summed E-state index contributed by atoms with van der Waals surface area (Å²) < 4.78 is 7.17. The lowest BCUT2D eigenvalue weighted by Gasteiger charge is -2.09. The molecule has 1 aromatic carbocycles. The lowest BCUT2D eigenvalue weighted by Crippen LogP contribution is -2.17. The summed E-state index contributed by atoms with van der Waals surface area (Å²) in [6, 6.07) is 8.55.